The molecule has 0 saturated carbocycles. The van der Waals surface area contributed by atoms with Crippen LogP contribution in [0.3, 0.4) is 0 Å². The Hall–Kier alpha value is -1.79. The molecule has 1 unspecified atom stereocenters. The number of amides is 3. The molecule has 0 spiro atoms. The fourth-order valence-electron chi connectivity index (χ4n) is 2.68. The number of likely N-dealkylation sites (tertiary alicyclic amines) is 1. The first-order valence-corrected chi connectivity index (χ1v) is 7.39. The highest BCUT2D eigenvalue weighted by Gasteiger charge is 2.28. The van der Waals surface area contributed by atoms with Gasteiger partial charge < -0.3 is 20.2 Å². The van der Waals surface area contributed by atoms with Gasteiger partial charge in [0.2, 0.25) is 5.91 Å². The molecule has 1 atom stereocenters. The smallest absolute Gasteiger partial charge is 0.320 e. The predicted molar refractivity (Wildman–Crippen MR) is 77.9 cm³/mol. The third kappa shape index (κ3) is 5.24. The van der Waals surface area contributed by atoms with Crippen LogP contribution in [-0.2, 0) is 9.59 Å². The van der Waals surface area contributed by atoms with Gasteiger partial charge in [0.05, 0.1) is 6.42 Å². The van der Waals surface area contributed by atoms with E-state index < -0.39 is 5.97 Å². The molecule has 0 aromatic heterocycles. The summed E-state index contributed by atoms with van der Waals surface area (Å²) in [4.78, 5) is 37.6. The van der Waals surface area contributed by atoms with Crippen molar-refractivity contribution < 1.29 is 19.5 Å². The minimum atomic E-state index is -0.905. The van der Waals surface area contributed by atoms with E-state index in [1.54, 1.807) is 16.7 Å². The maximum atomic E-state index is 12.5. The molecule has 7 heteroatoms. The summed E-state index contributed by atoms with van der Waals surface area (Å²) >= 11 is 0. The number of piperidine rings is 1. The van der Waals surface area contributed by atoms with E-state index in [2.05, 4.69) is 5.32 Å². The third-order valence-corrected chi connectivity index (χ3v) is 3.76. The first-order valence-electron chi connectivity index (χ1n) is 7.39. The lowest BCUT2D eigenvalue weighted by Gasteiger charge is -2.37. The molecule has 0 radical (unpaired) electrons. The Morgan fingerprint density at radius 2 is 1.90 bits per heavy atom. The topological polar surface area (TPSA) is 90.0 Å². The van der Waals surface area contributed by atoms with Crippen LogP contribution in [0.5, 0.6) is 0 Å². The van der Waals surface area contributed by atoms with Gasteiger partial charge in [0.1, 0.15) is 0 Å². The predicted octanol–water partition coefficient (Wildman–Crippen LogP) is 0.892. The molecule has 1 fully saturated rings. The summed E-state index contributed by atoms with van der Waals surface area (Å²) in [5, 5.41) is 11.7. The molecule has 2 N–H and O–H groups in total. The highest BCUT2D eigenvalue weighted by Crippen LogP contribution is 2.15. The zero-order chi connectivity index (χ0) is 16.0. The van der Waals surface area contributed by atoms with Crippen LogP contribution in [0.2, 0.25) is 0 Å². The third-order valence-electron chi connectivity index (χ3n) is 3.76. The lowest BCUT2D eigenvalue weighted by molar-refractivity contribution is -0.138. The summed E-state index contributed by atoms with van der Waals surface area (Å²) in [6.45, 7) is 6.74. The Morgan fingerprint density at radius 1 is 1.33 bits per heavy atom. The largest absolute Gasteiger partial charge is 0.481 e. The van der Waals surface area contributed by atoms with Crippen LogP contribution in [-0.4, -0.2) is 64.5 Å². The van der Waals surface area contributed by atoms with Gasteiger partial charge in [0.15, 0.2) is 0 Å². The van der Waals surface area contributed by atoms with E-state index in [0.29, 0.717) is 19.6 Å². The van der Waals surface area contributed by atoms with Gasteiger partial charge >= 0.3 is 12.0 Å². The molecule has 1 aliphatic rings. The Balaban J connectivity index is 2.54. The standard InChI is InChI=1S/C14H25N3O4/c1-4-17(10(2)9-13(19)20)14(21)16-7-5-12(6-8-16)15-11(3)18/h10,12H,4-9H2,1-3H3,(H,15,18)(H,19,20). The van der Waals surface area contributed by atoms with E-state index in [1.807, 2.05) is 6.92 Å². The van der Waals surface area contributed by atoms with Crippen molar-refractivity contribution in [1.29, 1.82) is 0 Å². The summed E-state index contributed by atoms with van der Waals surface area (Å²) in [6, 6.07) is -0.321. The number of rotatable bonds is 5. The average Bonchev–Trinajstić information content (AvgIpc) is 2.38. The van der Waals surface area contributed by atoms with Gasteiger partial charge in [-0.1, -0.05) is 0 Å². The normalized spacial score (nSPS) is 17.2. The minimum absolute atomic E-state index is 0.0509. The van der Waals surface area contributed by atoms with Crippen LogP contribution in [0.1, 0.15) is 40.0 Å². The van der Waals surface area contributed by atoms with E-state index in [-0.39, 0.29) is 30.4 Å². The van der Waals surface area contributed by atoms with Gasteiger partial charge in [0.25, 0.3) is 0 Å². The van der Waals surface area contributed by atoms with Crippen LogP contribution >= 0.6 is 0 Å². The summed E-state index contributed by atoms with van der Waals surface area (Å²) in [6.07, 6.45) is 1.41. The lowest BCUT2D eigenvalue weighted by atomic mass is 10.1. The van der Waals surface area contributed by atoms with E-state index in [9.17, 15) is 14.4 Å². The van der Waals surface area contributed by atoms with Crippen molar-refractivity contribution in [2.75, 3.05) is 19.6 Å². The van der Waals surface area contributed by atoms with Crippen LogP contribution < -0.4 is 5.32 Å². The monoisotopic (exact) mass is 299 g/mol. The number of aliphatic carboxylic acids is 1. The first-order chi connectivity index (χ1) is 9.85. The number of hydrogen-bond acceptors (Lipinski definition) is 3. The van der Waals surface area contributed by atoms with E-state index >= 15 is 0 Å². The van der Waals surface area contributed by atoms with E-state index in [0.717, 1.165) is 12.8 Å². The average molecular weight is 299 g/mol. The van der Waals surface area contributed by atoms with Gasteiger partial charge in [-0.3, -0.25) is 9.59 Å². The van der Waals surface area contributed by atoms with Crippen LogP contribution in [0, 0.1) is 0 Å². The molecule has 7 nitrogen and oxygen atoms in total. The Bertz CT molecular complexity index is 392. The van der Waals surface area contributed by atoms with Crippen molar-refractivity contribution in [3.05, 3.63) is 0 Å². The number of nitrogens with one attached hydrogen (secondary N) is 1. The summed E-state index contributed by atoms with van der Waals surface area (Å²) in [7, 11) is 0. The van der Waals surface area contributed by atoms with Crippen molar-refractivity contribution >= 4 is 17.9 Å². The van der Waals surface area contributed by atoms with Crippen molar-refractivity contribution in [2.24, 2.45) is 0 Å². The maximum absolute atomic E-state index is 12.5. The van der Waals surface area contributed by atoms with Crippen LogP contribution in [0.25, 0.3) is 0 Å². The number of carbonyl (C=O) groups excluding carboxylic acids is 2. The first kappa shape index (κ1) is 17.3. The number of nitrogens with zero attached hydrogens (tertiary/aromatic N) is 2. The van der Waals surface area contributed by atoms with Crippen LogP contribution in [0.15, 0.2) is 0 Å². The number of urea groups is 1. The molecule has 0 aromatic rings. The van der Waals surface area contributed by atoms with Gasteiger partial charge in [-0.15, -0.1) is 0 Å². The number of carboxylic acid groups (broad SMARTS) is 1. The molecule has 1 heterocycles. The molecule has 1 rings (SSSR count). The Labute approximate surface area is 125 Å². The van der Waals surface area contributed by atoms with E-state index in [4.69, 9.17) is 5.11 Å². The molecular weight excluding hydrogens is 274 g/mol. The molecule has 0 aliphatic carbocycles. The van der Waals surface area contributed by atoms with Gasteiger partial charge in [-0.25, -0.2) is 4.79 Å². The number of carbonyl (C=O) groups is 3. The van der Waals surface area contributed by atoms with Crippen molar-refractivity contribution in [1.82, 2.24) is 15.1 Å². The SMILES string of the molecule is CCN(C(=O)N1CCC(NC(C)=O)CC1)C(C)CC(=O)O. The molecule has 120 valence electrons. The molecule has 1 saturated heterocycles. The minimum Gasteiger partial charge on any atom is -0.481 e. The number of hydrogen-bond donors (Lipinski definition) is 2. The zero-order valence-electron chi connectivity index (χ0n) is 13.0. The molecule has 0 aromatic carbocycles. The highest BCUT2D eigenvalue weighted by atomic mass is 16.4. The lowest BCUT2D eigenvalue weighted by Crippen LogP contribution is -2.52. The van der Waals surface area contributed by atoms with Gasteiger partial charge in [0, 0.05) is 38.6 Å². The number of carboxylic acids is 1. The fraction of sp³-hybridized carbons (Fsp3) is 0.786. The van der Waals surface area contributed by atoms with Gasteiger partial charge in [-0.05, 0) is 26.7 Å². The Morgan fingerprint density at radius 3 is 2.33 bits per heavy atom. The second-order valence-corrected chi connectivity index (χ2v) is 5.48. The maximum Gasteiger partial charge on any atom is 0.320 e. The van der Waals surface area contributed by atoms with Gasteiger partial charge in [-0.2, -0.15) is 0 Å². The van der Waals surface area contributed by atoms with Crippen molar-refractivity contribution in [2.45, 2.75) is 52.1 Å². The second kappa shape index (κ2) is 7.85. The summed E-state index contributed by atoms with van der Waals surface area (Å²) in [5.41, 5.74) is 0. The quantitative estimate of drug-likeness (QED) is 0.789. The molecule has 21 heavy (non-hydrogen) atoms. The second-order valence-electron chi connectivity index (χ2n) is 5.48. The fourth-order valence-corrected chi connectivity index (χ4v) is 2.68. The Kier molecular flexibility index (Phi) is 6.45. The van der Waals surface area contributed by atoms with E-state index in [1.165, 1.54) is 6.92 Å². The van der Waals surface area contributed by atoms with Crippen molar-refractivity contribution in [3.63, 3.8) is 0 Å². The summed E-state index contributed by atoms with van der Waals surface area (Å²) in [5.74, 6) is -0.955. The van der Waals surface area contributed by atoms with Crippen molar-refractivity contribution in [3.8, 4) is 0 Å². The molecule has 1 aliphatic heterocycles. The summed E-state index contributed by atoms with van der Waals surface area (Å²) < 4.78 is 0. The molecular formula is C14H25N3O4. The molecule has 3 amide bonds. The molecule has 0 bridgehead atoms. The zero-order valence-corrected chi connectivity index (χ0v) is 13.0. The van der Waals surface area contributed by atoms with Crippen LogP contribution in [0.4, 0.5) is 4.79 Å². The highest BCUT2D eigenvalue weighted by molar-refractivity contribution is 5.76.